The molecule has 3 aromatic rings. The quantitative estimate of drug-likeness (QED) is 0.232. The lowest BCUT2D eigenvalue weighted by Gasteiger charge is -2.32. The molecule has 1 aromatic heterocycles. The summed E-state index contributed by atoms with van der Waals surface area (Å²) in [6, 6.07) is 13.0. The topological polar surface area (TPSA) is 126 Å². The number of nitro benzene ring substituents is 1. The van der Waals surface area contributed by atoms with E-state index in [9.17, 15) is 10.1 Å². The maximum Gasteiger partial charge on any atom is 0.269 e. The van der Waals surface area contributed by atoms with Gasteiger partial charge >= 0.3 is 0 Å². The van der Waals surface area contributed by atoms with Crippen LogP contribution in [0.25, 0.3) is 6.08 Å². The van der Waals surface area contributed by atoms with Crippen LogP contribution >= 0.6 is 0 Å². The van der Waals surface area contributed by atoms with E-state index in [2.05, 4.69) is 10.2 Å². The molecule has 1 fully saturated rings. The van der Waals surface area contributed by atoms with E-state index in [1.165, 1.54) is 6.08 Å². The third-order valence-corrected chi connectivity index (χ3v) is 7.05. The van der Waals surface area contributed by atoms with Gasteiger partial charge in [-0.2, -0.15) is 10.2 Å². The Morgan fingerprint density at radius 1 is 1.18 bits per heavy atom. The number of nitrogens with zero attached hydrogens (tertiary/aromatic N) is 5. The lowest BCUT2D eigenvalue weighted by atomic mass is 10.0. The van der Waals surface area contributed by atoms with Crippen LogP contribution in [0, 0.1) is 35.3 Å². The zero-order valence-electron chi connectivity index (χ0n) is 22.0. The van der Waals surface area contributed by atoms with Crippen LogP contribution in [-0.2, 0) is 24.5 Å². The molecule has 1 saturated heterocycles. The molecule has 10 nitrogen and oxygen atoms in total. The molecule has 2 aliphatic heterocycles. The van der Waals surface area contributed by atoms with E-state index in [1.54, 1.807) is 18.2 Å². The summed E-state index contributed by atoms with van der Waals surface area (Å²) < 4.78 is 12.0. The average molecular weight is 527 g/mol. The molecule has 0 atom stereocenters. The van der Waals surface area contributed by atoms with Crippen molar-refractivity contribution in [3.8, 4) is 17.7 Å². The fourth-order valence-corrected chi connectivity index (χ4v) is 5.04. The van der Waals surface area contributed by atoms with Crippen molar-refractivity contribution in [2.45, 2.75) is 52.5 Å². The number of nitriles is 1. The summed E-state index contributed by atoms with van der Waals surface area (Å²) in [7, 11) is 0. The molecule has 2 aliphatic rings. The second-order valence-electron chi connectivity index (χ2n) is 9.94. The minimum atomic E-state index is -0.376. The van der Waals surface area contributed by atoms with Crippen LogP contribution in [0.5, 0.6) is 11.6 Å². The summed E-state index contributed by atoms with van der Waals surface area (Å²) >= 11 is 0. The normalized spacial score (nSPS) is 15.7. The zero-order chi connectivity index (χ0) is 27.4. The molecule has 39 heavy (non-hydrogen) atoms. The van der Waals surface area contributed by atoms with Gasteiger partial charge in [-0.15, -0.1) is 0 Å². The number of likely N-dealkylation sites (tertiary alicyclic amines) is 1. The van der Waals surface area contributed by atoms with Gasteiger partial charge in [-0.05, 0) is 67.2 Å². The molecule has 3 heterocycles. The molecule has 0 unspecified atom stereocenters. The average Bonchev–Trinajstić information content (AvgIpc) is 3.40. The number of non-ortho nitro benzene ring substituents is 1. The van der Waals surface area contributed by atoms with Crippen LogP contribution in [0.3, 0.4) is 0 Å². The maximum atomic E-state index is 10.9. The molecule has 2 aromatic carbocycles. The summed E-state index contributed by atoms with van der Waals surface area (Å²) in [5, 5.41) is 23.2. The number of anilines is 1. The van der Waals surface area contributed by atoms with E-state index >= 15 is 0 Å². The largest absolute Gasteiger partial charge is 0.438 e. The standard InChI is InChI=1S/C29H30N6O4/c1-19-14-22(4-3-11-30)15-20(2)27(19)39-28-25-17-38-18-26(25)32-29(33-28)31-23-9-12-34(13-10-23)16-21-5-7-24(8-6-21)35(36)37/h3-8,14-15,23H,9-10,12-13,16-18H2,1-2H3,(H,31,32,33)/b4-3+. The van der Waals surface area contributed by atoms with Crippen molar-refractivity contribution in [2.24, 2.45) is 0 Å². The molecule has 0 radical (unpaired) electrons. The number of aryl methyl sites for hydroxylation is 2. The smallest absolute Gasteiger partial charge is 0.269 e. The van der Waals surface area contributed by atoms with Gasteiger partial charge < -0.3 is 14.8 Å². The van der Waals surface area contributed by atoms with Crippen LogP contribution in [0.15, 0.2) is 42.5 Å². The molecule has 0 aliphatic carbocycles. The Kier molecular flexibility index (Phi) is 7.81. The van der Waals surface area contributed by atoms with Gasteiger partial charge in [0.25, 0.3) is 5.69 Å². The molecular formula is C29H30N6O4. The highest BCUT2D eigenvalue weighted by Crippen LogP contribution is 2.35. The first-order chi connectivity index (χ1) is 18.9. The number of hydrogen-bond donors (Lipinski definition) is 1. The number of nitrogens with one attached hydrogen (secondary N) is 1. The van der Waals surface area contributed by atoms with Crippen molar-refractivity contribution in [1.29, 1.82) is 5.26 Å². The number of fused-ring (bicyclic) bond motifs is 1. The van der Waals surface area contributed by atoms with Gasteiger partial charge in [-0.25, -0.2) is 4.98 Å². The Labute approximate surface area is 227 Å². The third kappa shape index (κ3) is 6.22. The lowest BCUT2D eigenvalue weighted by Crippen LogP contribution is -2.39. The molecule has 0 bridgehead atoms. The van der Waals surface area contributed by atoms with E-state index in [4.69, 9.17) is 24.7 Å². The summed E-state index contributed by atoms with van der Waals surface area (Å²) in [6.45, 7) is 7.36. The fraction of sp³-hybridized carbons (Fsp3) is 0.345. The molecular weight excluding hydrogens is 496 g/mol. The van der Waals surface area contributed by atoms with Gasteiger partial charge in [0, 0.05) is 43.9 Å². The summed E-state index contributed by atoms with van der Waals surface area (Å²) in [4.78, 5) is 22.3. The highest BCUT2D eigenvalue weighted by atomic mass is 16.6. The second kappa shape index (κ2) is 11.6. The highest BCUT2D eigenvalue weighted by molar-refractivity contribution is 5.58. The fourth-order valence-electron chi connectivity index (χ4n) is 5.04. The number of piperidine rings is 1. The molecule has 5 rings (SSSR count). The Hall–Kier alpha value is -4.33. The molecule has 0 amide bonds. The van der Waals surface area contributed by atoms with E-state index in [0.717, 1.165) is 71.7 Å². The van der Waals surface area contributed by atoms with Gasteiger partial charge in [0.05, 0.1) is 35.5 Å². The van der Waals surface area contributed by atoms with Crippen LogP contribution in [-0.4, -0.2) is 38.9 Å². The third-order valence-electron chi connectivity index (χ3n) is 7.05. The minimum Gasteiger partial charge on any atom is -0.438 e. The first-order valence-corrected chi connectivity index (χ1v) is 12.9. The number of ether oxygens (including phenoxy) is 2. The number of aromatic nitrogens is 2. The predicted octanol–water partition coefficient (Wildman–Crippen LogP) is 5.44. The Morgan fingerprint density at radius 3 is 2.56 bits per heavy atom. The summed E-state index contributed by atoms with van der Waals surface area (Å²) in [5.41, 5.74) is 5.72. The van der Waals surface area contributed by atoms with Crippen molar-refractivity contribution in [2.75, 3.05) is 18.4 Å². The van der Waals surface area contributed by atoms with Crippen molar-refractivity contribution in [1.82, 2.24) is 14.9 Å². The van der Waals surface area contributed by atoms with Crippen LogP contribution in [0.1, 0.15) is 46.4 Å². The zero-order valence-corrected chi connectivity index (χ0v) is 22.0. The molecule has 0 spiro atoms. The second-order valence-corrected chi connectivity index (χ2v) is 9.94. The Balaban J connectivity index is 1.25. The van der Waals surface area contributed by atoms with E-state index in [1.807, 2.05) is 44.2 Å². The summed E-state index contributed by atoms with van der Waals surface area (Å²) in [6.07, 6.45) is 5.09. The van der Waals surface area contributed by atoms with Crippen molar-refractivity contribution < 1.29 is 14.4 Å². The molecule has 0 saturated carbocycles. The Bertz CT molecular complexity index is 1420. The van der Waals surface area contributed by atoms with E-state index in [-0.39, 0.29) is 16.7 Å². The summed E-state index contributed by atoms with van der Waals surface area (Å²) in [5.74, 6) is 1.77. The minimum absolute atomic E-state index is 0.111. The number of rotatable bonds is 8. The number of benzene rings is 2. The lowest BCUT2D eigenvalue weighted by molar-refractivity contribution is -0.384. The van der Waals surface area contributed by atoms with E-state index < -0.39 is 0 Å². The van der Waals surface area contributed by atoms with Crippen molar-refractivity contribution >= 4 is 17.7 Å². The van der Waals surface area contributed by atoms with Crippen molar-refractivity contribution in [3.05, 3.63) is 86.1 Å². The first kappa shape index (κ1) is 26.3. The molecule has 10 heteroatoms. The number of hydrogen-bond acceptors (Lipinski definition) is 9. The maximum absolute atomic E-state index is 10.9. The van der Waals surface area contributed by atoms with Gasteiger partial charge in [0.15, 0.2) is 0 Å². The van der Waals surface area contributed by atoms with Crippen LogP contribution < -0.4 is 10.1 Å². The monoisotopic (exact) mass is 526 g/mol. The molecule has 200 valence electrons. The van der Waals surface area contributed by atoms with Gasteiger partial charge in [0.1, 0.15) is 5.75 Å². The van der Waals surface area contributed by atoms with Gasteiger partial charge in [-0.1, -0.05) is 12.1 Å². The van der Waals surface area contributed by atoms with Gasteiger partial charge in [0.2, 0.25) is 11.8 Å². The SMILES string of the molecule is Cc1cc(/C=C/C#N)cc(C)c1Oc1nc(NC2CCN(Cc3ccc([N+](=O)[O-])cc3)CC2)nc2c1COC2. The highest BCUT2D eigenvalue weighted by Gasteiger charge is 2.25. The van der Waals surface area contributed by atoms with Crippen LogP contribution in [0.4, 0.5) is 11.6 Å². The Morgan fingerprint density at radius 2 is 1.90 bits per heavy atom. The molecule has 1 N–H and O–H groups in total. The number of allylic oxidation sites excluding steroid dienone is 1. The van der Waals surface area contributed by atoms with Crippen LogP contribution in [0.2, 0.25) is 0 Å². The van der Waals surface area contributed by atoms with Crippen molar-refractivity contribution in [3.63, 3.8) is 0 Å². The van der Waals surface area contributed by atoms with Gasteiger partial charge in [-0.3, -0.25) is 15.0 Å². The predicted molar refractivity (Wildman–Crippen MR) is 146 cm³/mol. The first-order valence-electron chi connectivity index (χ1n) is 12.9. The van der Waals surface area contributed by atoms with E-state index in [0.29, 0.717) is 25.0 Å². The number of nitro groups is 1.